The van der Waals surface area contributed by atoms with E-state index < -0.39 is 0 Å². The van der Waals surface area contributed by atoms with Crippen LogP contribution in [-0.2, 0) is 43.3 Å². The van der Waals surface area contributed by atoms with Crippen LogP contribution < -0.4 is 0 Å². The molecule has 0 heterocycles. The van der Waals surface area contributed by atoms with Crippen molar-refractivity contribution in [1.29, 1.82) is 0 Å². The van der Waals surface area contributed by atoms with Gasteiger partial charge in [-0.05, 0) is 112 Å². The second kappa shape index (κ2) is 19.4. The van der Waals surface area contributed by atoms with Gasteiger partial charge in [0.05, 0.1) is 0 Å². The van der Waals surface area contributed by atoms with Crippen molar-refractivity contribution in [2.75, 3.05) is 0 Å². The number of benzene rings is 4. The number of hydrogen-bond acceptors (Lipinski definition) is 0. The zero-order chi connectivity index (χ0) is 46.5. The molecule has 59 heavy (non-hydrogen) atoms. The van der Waals surface area contributed by atoms with E-state index in [0.29, 0.717) is 0 Å². The molecule has 0 N–H and O–H groups in total. The summed E-state index contributed by atoms with van der Waals surface area (Å²) in [7, 11) is 0. The summed E-state index contributed by atoms with van der Waals surface area (Å²) < 4.78 is 13.9. The smallest absolute Gasteiger partial charge is 0.127 e. The molecule has 2 heteroatoms. The molecule has 0 unspecified atom stereocenters. The third-order valence-corrected chi connectivity index (χ3v) is 11.1. The number of halogens is 2. The van der Waals surface area contributed by atoms with E-state index in [1.54, 1.807) is 6.07 Å². The van der Waals surface area contributed by atoms with Crippen LogP contribution in [-0.4, -0.2) is 0 Å². The molecule has 0 aliphatic rings. The van der Waals surface area contributed by atoms with Gasteiger partial charge in [-0.15, -0.1) is 0 Å². The van der Waals surface area contributed by atoms with Crippen LogP contribution in [0.25, 0.3) is 0 Å². The molecule has 0 fully saturated rings. The molecule has 4 rings (SSSR count). The van der Waals surface area contributed by atoms with Crippen LogP contribution in [0, 0.1) is 12.7 Å². The molecule has 4 aromatic carbocycles. The lowest BCUT2D eigenvalue weighted by atomic mass is 9.80. The van der Waals surface area contributed by atoms with Gasteiger partial charge >= 0.3 is 0 Å². The van der Waals surface area contributed by atoms with Gasteiger partial charge in [-0.2, -0.15) is 0 Å². The normalized spacial score (nSPS) is 13.0. The summed E-state index contributed by atoms with van der Waals surface area (Å²) in [5, 5.41) is 0.884. The highest BCUT2D eigenvalue weighted by molar-refractivity contribution is 6.31. The number of aryl methyl sites for hydroxylation is 1. The van der Waals surface area contributed by atoms with Gasteiger partial charge in [-0.3, -0.25) is 0 Å². The molecule has 4 aromatic rings. The molecular weight excluding hydrogens is 739 g/mol. The maximum Gasteiger partial charge on any atom is 0.127 e. The third-order valence-electron chi connectivity index (χ3n) is 10.8. The summed E-state index contributed by atoms with van der Waals surface area (Å²) in [6.07, 6.45) is 0. The van der Waals surface area contributed by atoms with E-state index in [2.05, 4.69) is 213 Å². The second-order valence-electron chi connectivity index (χ2n) is 25.0. The topological polar surface area (TPSA) is 0 Å². The van der Waals surface area contributed by atoms with E-state index in [9.17, 15) is 4.39 Å². The summed E-state index contributed by atoms with van der Waals surface area (Å²) in [6, 6.07) is 27.9. The summed E-state index contributed by atoms with van der Waals surface area (Å²) in [5.74, 6) is -0.0880. The average molecular weight is 828 g/mol. The maximum absolute atomic E-state index is 13.9. The Labute approximate surface area is 370 Å². The molecular formula is C57H88ClF. The molecule has 0 bridgehead atoms. The van der Waals surface area contributed by atoms with Gasteiger partial charge in [0.25, 0.3) is 0 Å². The van der Waals surface area contributed by atoms with Crippen molar-refractivity contribution < 1.29 is 4.39 Å². The highest BCUT2D eigenvalue weighted by atomic mass is 35.5. The van der Waals surface area contributed by atoms with E-state index in [0.717, 1.165) is 16.1 Å². The Morgan fingerprint density at radius 2 is 0.559 bits per heavy atom. The van der Waals surface area contributed by atoms with Gasteiger partial charge in [0.2, 0.25) is 0 Å². The van der Waals surface area contributed by atoms with Gasteiger partial charge in [0.15, 0.2) is 0 Å². The van der Waals surface area contributed by atoms with Gasteiger partial charge < -0.3 is 0 Å². The van der Waals surface area contributed by atoms with Crippen LogP contribution in [0.3, 0.4) is 0 Å². The minimum absolute atomic E-state index is 0.0112. The van der Waals surface area contributed by atoms with E-state index in [-0.39, 0.29) is 49.1 Å². The summed E-state index contributed by atoms with van der Waals surface area (Å²) in [4.78, 5) is 0. The van der Waals surface area contributed by atoms with Gasteiger partial charge in [-0.1, -0.05) is 245 Å². The van der Waals surface area contributed by atoms with Crippen molar-refractivity contribution in [3.05, 3.63) is 140 Å². The van der Waals surface area contributed by atoms with Gasteiger partial charge in [-0.25, -0.2) is 4.39 Å². The largest absolute Gasteiger partial charge is 0.207 e. The van der Waals surface area contributed by atoms with Crippen LogP contribution in [0.4, 0.5) is 4.39 Å². The van der Waals surface area contributed by atoms with Crippen LogP contribution >= 0.6 is 11.6 Å². The van der Waals surface area contributed by atoms with Crippen LogP contribution in [0.1, 0.15) is 216 Å². The summed E-state index contributed by atoms with van der Waals surface area (Å²) in [5.41, 5.74) is 12.6. The fraction of sp³-hybridized carbons (Fsp3) is 0.579. The lowest BCUT2D eigenvalue weighted by Gasteiger charge is -2.25. The predicted molar refractivity (Wildman–Crippen MR) is 265 cm³/mol. The quantitative estimate of drug-likeness (QED) is 0.166. The highest BCUT2D eigenvalue weighted by Gasteiger charge is 2.23. The monoisotopic (exact) mass is 827 g/mol. The zero-order valence-corrected chi connectivity index (χ0v) is 43.5. The fourth-order valence-corrected chi connectivity index (χ4v) is 7.09. The first-order valence-corrected chi connectivity index (χ1v) is 22.3. The first-order valence-electron chi connectivity index (χ1n) is 21.9. The number of hydrogen-bond donors (Lipinski definition) is 0. The molecule has 0 nitrogen and oxygen atoms in total. The molecule has 0 aliphatic heterocycles. The Kier molecular flexibility index (Phi) is 17.8. The first kappa shape index (κ1) is 54.1. The summed E-state index contributed by atoms with van der Waals surface area (Å²) >= 11 is 6.32. The maximum atomic E-state index is 13.9. The van der Waals surface area contributed by atoms with Gasteiger partial charge in [0, 0.05) is 5.02 Å². The van der Waals surface area contributed by atoms with Crippen molar-refractivity contribution in [1.82, 2.24) is 0 Å². The third kappa shape index (κ3) is 17.5. The van der Waals surface area contributed by atoms with Crippen LogP contribution in [0.2, 0.25) is 5.02 Å². The Morgan fingerprint density at radius 1 is 0.305 bits per heavy atom. The number of rotatable bonds is 0. The Balaban J connectivity index is 0.000000393. The van der Waals surface area contributed by atoms with E-state index >= 15 is 0 Å². The highest BCUT2D eigenvalue weighted by Crippen LogP contribution is 2.34. The molecule has 0 atom stereocenters. The predicted octanol–water partition coefficient (Wildman–Crippen LogP) is 18.2. The zero-order valence-electron chi connectivity index (χ0n) is 42.8. The molecule has 0 radical (unpaired) electrons. The van der Waals surface area contributed by atoms with E-state index in [4.69, 9.17) is 11.6 Å². The van der Waals surface area contributed by atoms with E-state index in [1.807, 2.05) is 32.9 Å². The first-order chi connectivity index (χ1) is 26.1. The Bertz CT molecular complexity index is 1710. The Hall–Kier alpha value is -2.90. The summed E-state index contributed by atoms with van der Waals surface area (Å²) in [6.45, 7) is 54.9. The average Bonchev–Trinajstić information content (AvgIpc) is 3.02. The molecule has 330 valence electrons. The lowest BCUT2D eigenvalue weighted by molar-refractivity contribution is 0.513. The SMILES string of the molecule is CC(C)(C)c1ccc(C(C)(C)C)c(Cl)c1.CC(C)(C)c1ccc(C(C)(C)C)c(F)c1.CC(C)(C)c1ccc(C(C)(C)C)cc1.Cc1cc(C(C)(C)C)ccc1C(C)(C)C. The minimum atomic E-state index is -0.125. The standard InChI is InChI=1S/C15H24.C14H21Cl.C14H21F.C14H22/c1-11-10-12(14(2,3)4)8-9-13(11)15(5,6)7;2*1-13(2,3)10-7-8-11(12(15)9-10)14(4,5)6;1-13(2,3)11-7-9-12(10-8-11)14(4,5)6/h8-10H,1-7H3;2*7-9H,1-6H3;7-10H,1-6H3. The van der Waals surface area contributed by atoms with Crippen molar-refractivity contribution in [2.24, 2.45) is 0 Å². The van der Waals surface area contributed by atoms with Crippen molar-refractivity contribution in [2.45, 2.75) is 216 Å². The Morgan fingerprint density at radius 3 is 0.814 bits per heavy atom. The molecule has 0 spiro atoms. The molecule has 0 saturated carbocycles. The van der Waals surface area contributed by atoms with Gasteiger partial charge in [0.1, 0.15) is 5.82 Å². The fourth-order valence-electron chi connectivity index (χ4n) is 6.62. The molecule has 0 aromatic heterocycles. The molecule has 0 aliphatic carbocycles. The van der Waals surface area contributed by atoms with E-state index in [1.165, 1.54) is 38.9 Å². The minimum Gasteiger partial charge on any atom is -0.207 e. The van der Waals surface area contributed by atoms with Crippen molar-refractivity contribution in [3.63, 3.8) is 0 Å². The van der Waals surface area contributed by atoms with Crippen molar-refractivity contribution in [3.8, 4) is 0 Å². The molecule has 0 saturated heterocycles. The lowest BCUT2D eigenvalue weighted by Crippen LogP contribution is -2.16. The van der Waals surface area contributed by atoms with Crippen molar-refractivity contribution >= 4 is 11.6 Å². The second-order valence-corrected chi connectivity index (χ2v) is 25.4. The van der Waals surface area contributed by atoms with Crippen LogP contribution in [0.5, 0.6) is 0 Å². The molecule has 0 amide bonds. The van der Waals surface area contributed by atoms with Crippen LogP contribution in [0.15, 0.2) is 78.9 Å².